The summed E-state index contributed by atoms with van der Waals surface area (Å²) in [5.74, 6) is 0. The maximum atomic E-state index is 3.35. The molecule has 0 radical (unpaired) electrons. The molecule has 0 heterocycles. The van der Waals surface area contributed by atoms with E-state index in [0.717, 1.165) is 0 Å². The first-order valence-corrected chi connectivity index (χ1v) is 24.3. The van der Waals surface area contributed by atoms with Gasteiger partial charge < -0.3 is 0 Å². The van der Waals surface area contributed by atoms with E-state index in [0.29, 0.717) is 0 Å². The number of hydrogen-bond donors (Lipinski definition) is 0. The minimum atomic E-state index is -3.29. The molecule has 7 heavy (non-hydrogen) atoms. The predicted octanol–water partition coefficient (Wildman–Crippen LogP) is 5.07. The fraction of sp³-hybridized carbons (Fsp3) is 0. The second-order valence-corrected chi connectivity index (χ2v) is 119. The monoisotopic (exact) mass is 521 g/mol. The summed E-state index contributed by atoms with van der Waals surface area (Å²) in [6, 6.07) is 0. The van der Waals surface area contributed by atoms with Gasteiger partial charge in [0.15, 0.2) is 0 Å². The molecule has 0 nitrogen and oxygen atoms in total. The van der Waals surface area contributed by atoms with E-state index in [-0.39, 0.29) is 0 Å². The molecule has 0 amide bonds. The van der Waals surface area contributed by atoms with E-state index in [9.17, 15) is 0 Å². The molecule has 0 saturated heterocycles. The van der Waals surface area contributed by atoms with Crippen molar-refractivity contribution in [2.45, 2.75) is 0 Å². The molecule has 7 heteroatoms. The molecule has 0 aromatic carbocycles. The van der Waals surface area contributed by atoms with E-state index in [1.165, 1.54) is 0 Å². The van der Waals surface area contributed by atoms with Crippen LogP contribution in [0.4, 0.5) is 0 Å². The van der Waals surface area contributed by atoms with Gasteiger partial charge in [0.05, 0.1) is 0 Å². The Balaban J connectivity index is 4.43. The fourth-order valence-corrected chi connectivity index (χ4v) is 0. The van der Waals surface area contributed by atoms with Crippen LogP contribution in [0, 0.1) is 0 Å². The van der Waals surface area contributed by atoms with Gasteiger partial charge in [-0.05, 0) is 0 Å². The van der Waals surface area contributed by atoms with Gasteiger partial charge in [-0.25, -0.2) is 0 Å². The van der Waals surface area contributed by atoms with Crippen LogP contribution in [0.2, 0.25) is 0 Å². The summed E-state index contributed by atoms with van der Waals surface area (Å²) in [7, 11) is 0. The normalized spacial score (nSPS) is 23.1. The van der Waals surface area contributed by atoms with Crippen molar-refractivity contribution in [3.05, 3.63) is 0 Å². The Morgan fingerprint density at radius 2 is 0.571 bits per heavy atom. The summed E-state index contributed by atoms with van der Waals surface area (Å²) in [5, 5.41) is 0. The Morgan fingerprint density at radius 3 is 0.571 bits per heavy atom. The van der Waals surface area contributed by atoms with Gasteiger partial charge in [-0.15, -0.1) is 0 Å². The summed E-state index contributed by atoms with van der Waals surface area (Å²) in [6.45, 7) is 0. The molecule has 0 bridgehead atoms. The van der Waals surface area contributed by atoms with Gasteiger partial charge in [0.25, 0.3) is 0 Å². The molecule has 0 saturated carbocycles. The molecule has 0 aliphatic carbocycles. The first kappa shape index (κ1) is 10.6. The van der Waals surface area contributed by atoms with Crippen LogP contribution in [0.5, 0.6) is 0 Å². The number of hydrogen-bond acceptors (Lipinski definition) is 0. The predicted molar refractivity (Wildman–Crippen MR) is 53.6 cm³/mol. The van der Waals surface area contributed by atoms with Crippen LogP contribution in [0.15, 0.2) is 0 Å². The minimum absolute atomic E-state index is 3.29. The molecular weight excluding hydrogens is 527 g/mol. The summed E-state index contributed by atoms with van der Waals surface area (Å²) in [5.41, 5.74) is 0. The standard InChI is InChI=1S/6BrH.Ti/h6*1H;/q;;;;;;+4/p-6. The van der Waals surface area contributed by atoms with E-state index in [4.69, 9.17) is 0 Å². The quantitative estimate of drug-likeness (QED) is 0.386. The molecule has 0 aliphatic rings. The van der Waals surface area contributed by atoms with Crippen molar-refractivity contribution >= 4 is 79.0 Å². The zero-order valence-corrected chi connectivity index (χ0v) is 13.8. The number of halogens is 6. The second-order valence-electron chi connectivity index (χ2n) is 1.07. The van der Waals surface area contributed by atoms with Gasteiger partial charge in [0.2, 0.25) is 0 Å². The van der Waals surface area contributed by atoms with E-state index in [1.807, 2.05) is 0 Å². The maximum absolute atomic E-state index is 3.35. The van der Waals surface area contributed by atoms with Crippen molar-refractivity contribution < 1.29 is 1.46 Å². The molecule has 0 spiro atoms. The van der Waals surface area contributed by atoms with Crippen molar-refractivity contribution in [2.24, 2.45) is 0 Å². The van der Waals surface area contributed by atoms with Crippen LogP contribution in [-0.4, -0.2) is 0 Å². The van der Waals surface area contributed by atoms with Crippen LogP contribution < -0.4 is 0 Å². The fourth-order valence-electron chi connectivity index (χ4n) is 0. The Hall–Kier alpha value is 3.59. The van der Waals surface area contributed by atoms with Crippen LogP contribution >= 0.6 is 79.0 Å². The van der Waals surface area contributed by atoms with Crippen molar-refractivity contribution in [3.63, 3.8) is 0 Å². The van der Waals surface area contributed by atoms with Crippen LogP contribution in [0.3, 0.4) is 0 Å². The molecule has 0 atom stereocenters. The Morgan fingerprint density at radius 1 is 0.571 bits per heavy atom. The van der Waals surface area contributed by atoms with Crippen LogP contribution in [0.25, 0.3) is 0 Å². The van der Waals surface area contributed by atoms with Crippen molar-refractivity contribution in [1.29, 1.82) is 0 Å². The zero-order valence-electron chi connectivity index (χ0n) is 2.77. The van der Waals surface area contributed by atoms with Gasteiger partial charge in [-0.3, -0.25) is 0 Å². The van der Waals surface area contributed by atoms with Gasteiger partial charge in [-0.1, -0.05) is 0 Å². The van der Waals surface area contributed by atoms with E-state index >= 15 is 0 Å². The van der Waals surface area contributed by atoms with Crippen molar-refractivity contribution in [2.75, 3.05) is 0 Å². The summed E-state index contributed by atoms with van der Waals surface area (Å²) >= 11 is 20.1. The molecule has 48 valence electrons. The van der Waals surface area contributed by atoms with E-state index in [1.54, 1.807) is 0 Å². The Bertz CT molecular complexity index is 62.7. The third-order valence-corrected chi connectivity index (χ3v) is 0. The van der Waals surface area contributed by atoms with Gasteiger partial charge in [-0.2, -0.15) is 0 Å². The first-order valence-electron chi connectivity index (χ1n) is 1.13. The van der Waals surface area contributed by atoms with Gasteiger partial charge in [0, 0.05) is 0 Å². The topological polar surface area (TPSA) is 0 Å². The van der Waals surface area contributed by atoms with Crippen molar-refractivity contribution in [1.82, 2.24) is 0 Å². The molecule has 0 aliphatic heterocycles. The second kappa shape index (κ2) is 2.05. The van der Waals surface area contributed by atoms with Gasteiger partial charge in [0.1, 0.15) is 0 Å². The van der Waals surface area contributed by atoms with E-state index < -0.39 is 1.46 Å². The Labute approximate surface area is 78.3 Å². The summed E-state index contributed by atoms with van der Waals surface area (Å²) < 4.78 is -3.29. The third kappa shape index (κ3) is 42.8. The summed E-state index contributed by atoms with van der Waals surface area (Å²) in [4.78, 5) is 0. The molecule has 0 N–H and O–H groups in total. The van der Waals surface area contributed by atoms with Gasteiger partial charge >= 0.3 is 80.4 Å². The molecule has 0 aromatic heterocycles. The molecule has 0 unspecified atom stereocenters. The van der Waals surface area contributed by atoms with Crippen molar-refractivity contribution in [3.8, 4) is 0 Å². The molecule has 0 fully saturated rings. The average Bonchev–Trinajstić information content (AvgIpc) is 0.592. The zero-order chi connectivity index (χ0) is 6.41. The number of rotatable bonds is 0. The third-order valence-electron chi connectivity index (χ3n) is 0. The van der Waals surface area contributed by atoms with E-state index in [2.05, 4.69) is 79.0 Å². The van der Waals surface area contributed by atoms with Crippen LogP contribution in [0.1, 0.15) is 0 Å². The Kier molecular flexibility index (Phi) is 3.10. The first-order chi connectivity index (χ1) is 2.45. The van der Waals surface area contributed by atoms with Crippen LogP contribution in [-0.2, 0) is 1.46 Å². The molecular formula is Br6Ti-2. The SMILES string of the molecule is [Br][Ti-2]([Br])([Br])([Br])([Br])[Br]. The molecule has 0 rings (SSSR count). The molecule has 0 aromatic rings. The average molecular weight is 527 g/mol. The summed E-state index contributed by atoms with van der Waals surface area (Å²) in [6.07, 6.45) is 0.